The van der Waals surface area contributed by atoms with E-state index in [1.165, 1.54) is 20.3 Å². The molecule has 0 atom stereocenters. The van der Waals surface area contributed by atoms with E-state index in [0.717, 1.165) is 17.7 Å². The van der Waals surface area contributed by atoms with Crippen LogP contribution in [0.5, 0.6) is 11.5 Å². The minimum atomic E-state index is -0.802. The SMILES string of the molecule is COc1ccc(CNC(=O)COC(=O)c2ccc(F)cc2N)cc1OC. The van der Waals surface area contributed by atoms with E-state index in [1.807, 2.05) is 0 Å². The van der Waals surface area contributed by atoms with Gasteiger partial charge in [0.1, 0.15) is 5.82 Å². The first-order valence-corrected chi connectivity index (χ1v) is 7.64. The molecule has 0 radical (unpaired) electrons. The Morgan fingerprint density at radius 1 is 1.08 bits per heavy atom. The van der Waals surface area contributed by atoms with Crippen molar-refractivity contribution in [2.75, 3.05) is 26.6 Å². The monoisotopic (exact) mass is 362 g/mol. The summed E-state index contributed by atoms with van der Waals surface area (Å²) in [7, 11) is 3.04. The topological polar surface area (TPSA) is 99.9 Å². The molecule has 2 rings (SSSR count). The van der Waals surface area contributed by atoms with E-state index in [0.29, 0.717) is 11.5 Å². The Bertz CT molecular complexity index is 810. The molecule has 8 heteroatoms. The number of methoxy groups -OCH3 is 2. The molecule has 0 saturated carbocycles. The van der Waals surface area contributed by atoms with Crippen LogP contribution in [-0.4, -0.2) is 32.7 Å². The van der Waals surface area contributed by atoms with Gasteiger partial charge in [-0.05, 0) is 35.9 Å². The first-order valence-electron chi connectivity index (χ1n) is 7.64. The van der Waals surface area contributed by atoms with Crippen molar-refractivity contribution in [2.24, 2.45) is 0 Å². The Morgan fingerprint density at radius 2 is 1.81 bits per heavy atom. The molecular formula is C18H19FN2O5. The number of nitrogens with one attached hydrogen (secondary N) is 1. The highest BCUT2D eigenvalue weighted by atomic mass is 19.1. The molecule has 0 aliphatic heterocycles. The molecule has 0 bridgehead atoms. The van der Waals surface area contributed by atoms with Crippen LogP contribution < -0.4 is 20.5 Å². The molecule has 0 spiro atoms. The average molecular weight is 362 g/mol. The largest absolute Gasteiger partial charge is 0.493 e. The summed E-state index contributed by atoms with van der Waals surface area (Å²) < 4.78 is 28.2. The highest BCUT2D eigenvalue weighted by Crippen LogP contribution is 2.27. The number of nitrogen functional groups attached to an aromatic ring is 1. The number of carbonyl (C=O) groups excluding carboxylic acids is 2. The summed E-state index contributed by atoms with van der Waals surface area (Å²) in [5.41, 5.74) is 6.28. The van der Waals surface area contributed by atoms with Crippen molar-refractivity contribution >= 4 is 17.6 Å². The van der Waals surface area contributed by atoms with Gasteiger partial charge in [0.15, 0.2) is 18.1 Å². The summed E-state index contributed by atoms with van der Waals surface area (Å²) in [6, 6.07) is 8.52. The van der Waals surface area contributed by atoms with E-state index in [2.05, 4.69) is 5.32 Å². The lowest BCUT2D eigenvalue weighted by Gasteiger charge is -2.11. The predicted molar refractivity (Wildman–Crippen MR) is 92.5 cm³/mol. The van der Waals surface area contributed by atoms with Gasteiger partial charge >= 0.3 is 5.97 Å². The van der Waals surface area contributed by atoms with Crippen LogP contribution in [0.4, 0.5) is 10.1 Å². The highest BCUT2D eigenvalue weighted by Gasteiger charge is 2.14. The second-order valence-corrected chi connectivity index (χ2v) is 5.27. The van der Waals surface area contributed by atoms with E-state index < -0.39 is 24.3 Å². The second-order valence-electron chi connectivity index (χ2n) is 5.27. The Morgan fingerprint density at radius 3 is 2.46 bits per heavy atom. The number of halogens is 1. The fourth-order valence-corrected chi connectivity index (χ4v) is 2.17. The summed E-state index contributed by atoms with van der Waals surface area (Å²) >= 11 is 0. The Labute approximate surface area is 149 Å². The number of nitrogens with two attached hydrogens (primary N) is 1. The first-order chi connectivity index (χ1) is 12.4. The Balaban J connectivity index is 1.86. The van der Waals surface area contributed by atoms with Crippen molar-refractivity contribution in [1.29, 1.82) is 0 Å². The maximum Gasteiger partial charge on any atom is 0.340 e. The molecule has 0 aliphatic rings. The van der Waals surface area contributed by atoms with Crippen molar-refractivity contribution in [3.63, 3.8) is 0 Å². The van der Waals surface area contributed by atoms with Gasteiger partial charge in [0, 0.05) is 12.2 Å². The van der Waals surface area contributed by atoms with Crippen LogP contribution in [0.2, 0.25) is 0 Å². The van der Waals surface area contributed by atoms with Crippen molar-refractivity contribution in [3.8, 4) is 11.5 Å². The summed E-state index contributed by atoms with van der Waals surface area (Å²) in [5, 5.41) is 2.61. The molecule has 7 nitrogen and oxygen atoms in total. The molecule has 0 aromatic heterocycles. The van der Waals surface area contributed by atoms with E-state index in [1.54, 1.807) is 18.2 Å². The van der Waals surface area contributed by atoms with Crippen LogP contribution in [0.1, 0.15) is 15.9 Å². The molecule has 3 N–H and O–H groups in total. The smallest absolute Gasteiger partial charge is 0.340 e. The normalized spacial score (nSPS) is 10.1. The fourth-order valence-electron chi connectivity index (χ4n) is 2.17. The third-order valence-corrected chi connectivity index (χ3v) is 3.51. The molecule has 26 heavy (non-hydrogen) atoms. The van der Waals surface area contributed by atoms with Gasteiger partial charge in [-0.2, -0.15) is 0 Å². The molecule has 2 aromatic carbocycles. The maximum atomic E-state index is 13.0. The second kappa shape index (κ2) is 8.70. The summed E-state index contributed by atoms with van der Waals surface area (Å²) in [4.78, 5) is 23.7. The van der Waals surface area contributed by atoms with Gasteiger partial charge in [-0.25, -0.2) is 9.18 Å². The average Bonchev–Trinajstić information content (AvgIpc) is 2.64. The third-order valence-electron chi connectivity index (χ3n) is 3.51. The number of anilines is 1. The van der Waals surface area contributed by atoms with E-state index in [4.69, 9.17) is 19.9 Å². The zero-order chi connectivity index (χ0) is 19.1. The van der Waals surface area contributed by atoms with Crippen molar-refractivity contribution in [1.82, 2.24) is 5.32 Å². The minimum Gasteiger partial charge on any atom is -0.493 e. The zero-order valence-electron chi connectivity index (χ0n) is 14.4. The molecule has 138 valence electrons. The highest BCUT2D eigenvalue weighted by molar-refractivity contribution is 5.96. The fraction of sp³-hybridized carbons (Fsp3) is 0.222. The number of carbonyl (C=O) groups is 2. The van der Waals surface area contributed by atoms with Gasteiger partial charge in [-0.1, -0.05) is 6.07 Å². The number of rotatable bonds is 7. The minimum absolute atomic E-state index is 0.000842. The van der Waals surface area contributed by atoms with Gasteiger partial charge in [0.05, 0.1) is 19.8 Å². The summed E-state index contributed by atoms with van der Waals surface area (Å²) in [5.74, 6) is -0.741. The number of amides is 1. The molecule has 1 amide bonds. The van der Waals surface area contributed by atoms with Gasteiger partial charge in [-0.3, -0.25) is 4.79 Å². The van der Waals surface area contributed by atoms with Crippen LogP contribution in [0, 0.1) is 5.82 Å². The third kappa shape index (κ3) is 4.85. The predicted octanol–water partition coefficient (Wildman–Crippen LogP) is 1.90. The van der Waals surface area contributed by atoms with Crippen LogP contribution in [0.25, 0.3) is 0 Å². The van der Waals surface area contributed by atoms with Crippen molar-refractivity contribution in [3.05, 3.63) is 53.3 Å². The van der Waals surface area contributed by atoms with E-state index in [9.17, 15) is 14.0 Å². The molecular weight excluding hydrogens is 343 g/mol. The zero-order valence-corrected chi connectivity index (χ0v) is 14.4. The number of ether oxygens (including phenoxy) is 3. The molecule has 0 saturated heterocycles. The Hall–Kier alpha value is -3.29. The maximum absolute atomic E-state index is 13.0. The standard InChI is InChI=1S/C18H19FN2O5/c1-24-15-6-3-11(7-16(15)25-2)9-21-17(22)10-26-18(23)13-5-4-12(19)8-14(13)20/h3-8H,9-10,20H2,1-2H3,(H,21,22). The summed E-state index contributed by atoms with van der Waals surface area (Å²) in [6.07, 6.45) is 0. The number of benzene rings is 2. The number of esters is 1. The van der Waals surface area contributed by atoms with E-state index >= 15 is 0 Å². The number of hydrogen-bond acceptors (Lipinski definition) is 6. The molecule has 0 unspecified atom stereocenters. The van der Waals surface area contributed by atoms with Crippen molar-refractivity contribution < 1.29 is 28.2 Å². The van der Waals surface area contributed by atoms with Crippen LogP contribution in [0.15, 0.2) is 36.4 Å². The molecule has 0 heterocycles. The van der Waals surface area contributed by atoms with Crippen LogP contribution in [-0.2, 0) is 16.1 Å². The van der Waals surface area contributed by atoms with Crippen LogP contribution in [0.3, 0.4) is 0 Å². The quantitative estimate of drug-likeness (QED) is 0.576. The lowest BCUT2D eigenvalue weighted by molar-refractivity contribution is -0.124. The lowest BCUT2D eigenvalue weighted by Crippen LogP contribution is -2.28. The van der Waals surface area contributed by atoms with Gasteiger partial charge in [-0.15, -0.1) is 0 Å². The van der Waals surface area contributed by atoms with Gasteiger partial charge in [0.25, 0.3) is 5.91 Å². The van der Waals surface area contributed by atoms with Crippen molar-refractivity contribution in [2.45, 2.75) is 6.54 Å². The van der Waals surface area contributed by atoms with Gasteiger partial charge in [0.2, 0.25) is 0 Å². The molecule has 0 aliphatic carbocycles. The first kappa shape index (κ1) is 19.0. The van der Waals surface area contributed by atoms with Gasteiger partial charge < -0.3 is 25.3 Å². The van der Waals surface area contributed by atoms with E-state index in [-0.39, 0.29) is 17.8 Å². The van der Waals surface area contributed by atoms with Crippen LogP contribution >= 0.6 is 0 Å². The number of hydrogen-bond donors (Lipinski definition) is 2. The molecule has 0 fully saturated rings. The molecule has 2 aromatic rings. The Kier molecular flexibility index (Phi) is 6.37. The lowest BCUT2D eigenvalue weighted by atomic mass is 10.2. The summed E-state index contributed by atoms with van der Waals surface area (Å²) in [6.45, 7) is -0.266.